The van der Waals surface area contributed by atoms with Gasteiger partial charge in [-0.2, -0.15) is 0 Å². The lowest BCUT2D eigenvalue weighted by Gasteiger charge is -2.34. The molecule has 38 heavy (non-hydrogen) atoms. The molecule has 202 valence electrons. The van der Waals surface area contributed by atoms with Crippen LogP contribution in [0.2, 0.25) is 0 Å². The molecular formula is C30H37N3O4S. The number of nitrogens with one attached hydrogen (secondary N) is 1. The second kappa shape index (κ2) is 13.2. The molecule has 1 N–H and O–H groups in total. The van der Waals surface area contributed by atoms with E-state index in [2.05, 4.69) is 5.32 Å². The van der Waals surface area contributed by atoms with Crippen molar-refractivity contribution in [1.82, 2.24) is 10.2 Å². The van der Waals surface area contributed by atoms with Crippen molar-refractivity contribution in [2.45, 2.75) is 64.1 Å². The quantitative estimate of drug-likeness (QED) is 0.357. The minimum atomic E-state index is -4.07. The van der Waals surface area contributed by atoms with E-state index in [9.17, 15) is 18.0 Å². The molecule has 0 fully saturated rings. The zero-order valence-electron chi connectivity index (χ0n) is 22.5. The SMILES string of the molecule is CCC(C)NC(=O)C(CC)N(Cc1ccccc1)C(=O)CN(c1ccccc1C)S(=O)(=O)c1ccccc1. The third kappa shape index (κ3) is 7.01. The molecule has 0 spiro atoms. The molecule has 3 aromatic rings. The van der Waals surface area contributed by atoms with Gasteiger partial charge in [-0.05, 0) is 56.0 Å². The molecule has 0 aromatic heterocycles. The van der Waals surface area contributed by atoms with Gasteiger partial charge in [0, 0.05) is 12.6 Å². The van der Waals surface area contributed by atoms with E-state index in [0.29, 0.717) is 12.1 Å². The highest BCUT2D eigenvalue weighted by Crippen LogP contribution is 2.27. The van der Waals surface area contributed by atoms with Crippen molar-refractivity contribution in [1.29, 1.82) is 0 Å². The largest absolute Gasteiger partial charge is 0.352 e. The summed E-state index contributed by atoms with van der Waals surface area (Å²) in [7, 11) is -4.07. The Kier molecular flexibility index (Phi) is 10.1. The predicted octanol–water partition coefficient (Wildman–Crippen LogP) is 4.91. The van der Waals surface area contributed by atoms with Gasteiger partial charge in [0.15, 0.2) is 0 Å². The molecule has 0 saturated carbocycles. The predicted molar refractivity (Wildman–Crippen MR) is 151 cm³/mol. The number of amides is 2. The molecule has 3 aromatic carbocycles. The molecule has 0 bridgehead atoms. The Labute approximate surface area is 226 Å². The van der Waals surface area contributed by atoms with Crippen LogP contribution in [0.1, 0.15) is 44.7 Å². The van der Waals surface area contributed by atoms with E-state index in [1.54, 1.807) is 30.3 Å². The van der Waals surface area contributed by atoms with Crippen LogP contribution in [-0.4, -0.2) is 43.8 Å². The van der Waals surface area contributed by atoms with Crippen LogP contribution in [0.25, 0.3) is 0 Å². The van der Waals surface area contributed by atoms with Crippen LogP contribution in [0.3, 0.4) is 0 Å². The summed E-state index contributed by atoms with van der Waals surface area (Å²) in [5.74, 6) is -0.706. The summed E-state index contributed by atoms with van der Waals surface area (Å²) in [6.07, 6.45) is 1.14. The second-order valence-electron chi connectivity index (χ2n) is 9.36. The van der Waals surface area contributed by atoms with E-state index in [-0.39, 0.29) is 23.4 Å². The number of carbonyl (C=O) groups excluding carboxylic acids is 2. The Bertz CT molecular complexity index is 1310. The van der Waals surface area contributed by atoms with Gasteiger partial charge in [0.1, 0.15) is 12.6 Å². The van der Waals surface area contributed by atoms with Crippen LogP contribution in [0, 0.1) is 6.92 Å². The number of para-hydroxylation sites is 1. The minimum absolute atomic E-state index is 0.0489. The van der Waals surface area contributed by atoms with E-state index >= 15 is 0 Å². The highest BCUT2D eigenvalue weighted by Gasteiger charge is 2.34. The molecule has 2 atom stereocenters. The van der Waals surface area contributed by atoms with Gasteiger partial charge in [0.2, 0.25) is 11.8 Å². The lowest BCUT2D eigenvalue weighted by Crippen LogP contribution is -2.53. The molecule has 2 unspecified atom stereocenters. The first-order chi connectivity index (χ1) is 18.2. The average Bonchev–Trinajstić information content (AvgIpc) is 2.92. The summed E-state index contributed by atoms with van der Waals surface area (Å²) < 4.78 is 28.8. The maximum atomic E-state index is 14.0. The van der Waals surface area contributed by atoms with E-state index < -0.39 is 28.5 Å². The van der Waals surface area contributed by atoms with Gasteiger partial charge >= 0.3 is 0 Å². The molecule has 0 aliphatic heterocycles. The second-order valence-corrected chi connectivity index (χ2v) is 11.2. The summed E-state index contributed by atoms with van der Waals surface area (Å²) in [6.45, 7) is 7.30. The normalized spacial score (nSPS) is 12.8. The first kappa shape index (κ1) is 28.9. The van der Waals surface area contributed by atoms with Gasteiger partial charge in [-0.25, -0.2) is 8.42 Å². The molecule has 0 radical (unpaired) electrons. The summed E-state index contributed by atoms with van der Waals surface area (Å²) >= 11 is 0. The molecule has 8 heteroatoms. The standard InChI is InChI=1S/C30H37N3O4S/c1-5-24(4)31-30(35)27(6-2)32(21-25-16-9-7-10-17-25)29(34)22-33(28-20-14-13-15-23(28)3)38(36,37)26-18-11-8-12-19-26/h7-20,24,27H,5-6,21-22H2,1-4H3,(H,31,35). The number of benzene rings is 3. The fourth-order valence-corrected chi connectivity index (χ4v) is 5.72. The maximum absolute atomic E-state index is 14.0. The third-order valence-electron chi connectivity index (χ3n) is 6.58. The van der Waals surface area contributed by atoms with Crippen molar-refractivity contribution in [3.8, 4) is 0 Å². The Balaban J connectivity index is 2.04. The van der Waals surface area contributed by atoms with Gasteiger partial charge < -0.3 is 10.2 Å². The van der Waals surface area contributed by atoms with E-state index in [4.69, 9.17) is 0 Å². The van der Waals surface area contributed by atoms with Gasteiger partial charge in [0.05, 0.1) is 10.6 Å². The van der Waals surface area contributed by atoms with Crippen molar-refractivity contribution in [2.75, 3.05) is 10.8 Å². The smallest absolute Gasteiger partial charge is 0.264 e. The van der Waals surface area contributed by atoms with Gasteiger partial charge in [-0.1, -0.05) is 80.6 Å². The molecule has 7 nitrogen and oxygen atoms in total. The first-order valence-corrected chi connectivity index (χ1v) is 14.4. The number of hydrogen-bond donors (Lipinski definition) is 1. The van der Waals surface area contributed by atoms with Crippen LogP contribution in [-0.2, 0) is 26.2 Å². The molecule has 0 aliphatic carbocycles. The molecule has 0 heterocycles. The minimum Gasteiger partial charge on any atom is -0.352 e. The van der Waals surface area contributed by atoms with Crippen molar-refractivity contribution in [3.05, 3.63) is 96.1 Å². The van der Waals surface area contributed by atoms with E-state index in [1.807, 2.05) is 70.2 Å². The van der Waals surface area contributed by atoms with Crippen LogP contribution in [0.15, 0.2) is 89.8 Å². The third-order valence-corrected chi connectivity index (χ3v) is 8.35. The van der Waals surface area contributed by atoms with Crippen LogP contribution >= 0.6 is 0 Å². The number of hydrogen-bond acceptors (Lipinski definition) is 4. The number of carbonyl (C=O) groups is 2. The Morgan fingerprint density at radius 1 is 0.842 bits per heavy atom. The number of nitrogens with zero attached hydrogens (tertiary/aromatic N) is 2. The van der Waals surface area contributed by atoms with Gasteiger partial charge in [-0.3, -0.25) is 13.9 Å². The summed E-state index contributed by atoms with van der Waals surface area (Å²) in [6, 6.07) is 23.7. The van der Waals surface area contributed by atoms with Crippen molar-refractivity contribution < 1.29 is 18.0 Å². The van der Waals surface area contributed by atoms with Crippen molar-refractivity contribution >= 4 is 27.5 Å². The maximum Gasteiger partial charge on any atom is 0.264 e. The van der Waals surface area contributed by atoms with E-state index in [1.165, 1.54) is 17.0 Å². The van der Waals surface area contributed by atoms with Crippen molar-refractivity contribution in [3.63, 3.8) is 0 Å². The van der Waals surface area contributed by atoms with Gasteiger partial charge in [0.25, 0.3) is 10.0 Å². The Morgan fingerprint density at radius 3 is 2.00 bits per heavy atom. The number of rotatable bonds is 12. The lowest BCUT2D eigenvalue weighted by atomic mass is 10.1. The lowest BCUT2D eigenvalue weighted by molar-refractivity contribution is -0.140. The van der Waals surface area contributed by atoms with Gasteiger partial charge in [-0.15, -0.1) is 0 Å². The number of sulfonamides is 1. The zero-order valence-corrected chi connectivity index (χ0v) is 23.3. The highest BCUT2D eigenvalue weighted by molar-refractivity contribution is 7.92. The monoisotopic (exact) mass is 535 g/mol. The van der Waals surface area contributed by atoms with E-state index in [0.717, 1.165) is 21.9 Å². The number of anilines is 1. The first-order valence-electron chi connectivity index (χ1n) is 13.0. The zero-order chi connectivity index (χ0) is 27.7. The summed E-state index contributed by atoms with van der Waals surface area (Å²) in [5, 5.41) is 2.99. The molecule has 2 amide bonds. The Morgan fingerprint density at radius 2 is 1.42 bits per heavy atom. The molecular weight excluding hydrogens is 498 g/mol. The fraction of sp³-hybridized carbons (Fsp3) is 0.333. The Hall–Kier alpha value is -3.65. The number of aryl methyl sites for hydroxylation is 1. The van der Waals surface area contributed by atoms with Crippen LogP contribution in [0.4, 0.5) is 5.69 Å². The van der Waals surface area contributed by atoms with Crippen LogP contribution in [0.5, 0.6) is 0 Å². The average molecular weight is 536 g/mol. The molecule has 0 aliphatic rings. The van der Waals surface area contributed by atoms with Crippen LogP contribution < -0.4 is 9.62 Å². The molecule has 3 rings (SSSR count). The molecule has 0 saturated heterocycles. The van der Waals surface area contributed by atoms with Crippen molar-refractivity contribution in [2.24, 2.45) is 0 Å². The summed E-state index contributed by atoms with van der Waals surface area (Å²) in [5.41, 5.74) is 1.99. The topological polar surface area (TPSA) is 86.8 Å². The summed E-state index contributed by atoms with van der Waals surface area (Å²) in [4.78, 5) is 28.9. The highest BCUT2D eigenvalue weighted by atomic mass is 32.2. The fourth-order valence-electron chi connectivity index (χ4n) is 4.22.